The number of nitrogens with zero attached hydrogens (tertiary/aromatic N) is 1. The van der Waals surface area contributed by atoms with Crippen LogP contribution in [0.25, 0.3) is 22.4 Å². The number of H-pyrrole nitrogens is 1. The predicted octanol–water partition coefficient (Wildman–Crippen LogP) is 4.14. The lowest BCUT2D eigenvalue weighted by atomic mass is 10.2. The molecular formula is C15H12F2N2O. The number of para-hydroxylation sites is 1. The number of alkyl halides is 2. The molecule has 0 aliphatic carbocycles. The van der Waals surface area contributed by atoms with Crippen LogP contribution < -0.4 is 4.74 Å². The second kappa shape index (κ2) is 4.92. The predicted molar refractivity (Wildman–Crippen MR) is 72.9 cm³/mol. The molecule has 1 aromatic heterocycles. The molecule has 0 atom stereocenters. The first kappa shape index (κ1) is 12.6. The SMILES string of the molecule is Cc1cccc2[nH]c(-c3cccc(OC(F)F)c3)nc12. The highest BCUT2D eigenvalue weighted by Gasteiger charge is 2.09. The number of halogens is 2. The Kier molecular flexibility index (Phi) is 3.10. The maximum absolute atomic E-state index is 12.2. The van der Waals surface area contributed by atoms with E-state index in [1.807, 2.05) is 25.1 Å². The largest absolute Gasteiger partial charge is 0.435 e. The summed E-state index contributed by atoms with van der Waals surface area (Å²) in [5.74, 6) is 0.753. The molecule has 0 amide bonds. The van der Waals surface area contributed by atoms with E-state index in [4.69, 9.17) is 0 Å². The number of imidazole rings is 1. The Bertz CT molecular complexity index is 752. The molecule has 0 bridgehead atoms. The molecule has 0 fully saturated rings. The van der Waals surface area contributed by atoms with E-state index in [1.165, 1.54) is 6.07 Å². The molecule has 0 aliphatic rings. The maximum atomic E-state index is 12.2. The van der Waals surface area contributed by atoms with Crippen LogP contribution in [0.1, 0.15) is 5.56 Å². The van der Waals surface area contributed by atoms with Gasteiger partial charge in [-0.2, -0.15) is 8.78 Å². The smallest absolute Gasteiger partial charge is 0.387 e. The van der Waals surface area contributed by atoms with E-state index in [-0.39, 0.29) is 5.75 Å². The lowest BCUT2D eigenvalue weighted by Gasteiger charge is -2.05. The molecule has 0 radical (unpaired) electrons. The Balaban J connectivity index is 2.04. The number of fused-ring (bicyclic) bond motifs is 1. The zero-order valence-electron chi connectivity index (χ0n) is 10.7. The molecule has 3 rings (SSSR count). The number of ether oxygens (including phenoxy) is 1. The highest BCUT2D eigenvalue weighted by atomic mass is 19.3. The van der Waals surface area contributed by atoms with E-state index in [0.717, 1.165) is 16.6 Å². The van der Waals surface area contributed by atoms with Gasteiger partial charge in [0.1, 0.15) is 11.6 Å². The Labute approximate surface area is 114 Å². The topological polar surface area (TPSA) is 37.9 Å². The summed E-state index contributed by atoms with van der Waals surface area (Å²) >= 11 is 0. The van der Waals surface area contributed by atoms with Crippen molar-refractivity contribution in [3.8, 4) is 17.1 Å². The summed E-state index contributed by atoms with van der Waals surface area (Å²) in [4.78, 5) is 7.68. The normalized spacial score (nSPS) is 11.2. The number of aromatic amines is 1. The van der Waals surface area contributed by atoms with Gasteiger partial charge in [0.15, 0.2) is 0 Å². The minimum absolute atomic E-state index is 0.120. The van der Waals surface area contributed by atoms with E-state index >= 15 is 0 Å². The fourth-order valence-electron chi connectivity index (χ4n) is 2.13. The molecule has 0 unspecified atom stereocenters. The zero-order chi connectivity index (χ0) is 14.1. The monoisotopic (exact) mass is 274 g/mol. The number of hydrogen-bond donors (Lipinski definition) is 1. The van der Waals surface area contributed by atoms with E-state index in [2.05, 4.69) is 14.7 Å². The molecule has 0 spiro atoms. The van der Waals surface area contributed by atoms with E-state index < -0.39 is 6.61 Å². The second-order valence-electron chi connectivity index (χ2n) is 4.46. The van der Waals surface area contributed by atoms with Crippen LogP contribution in [0.15, 0.2) is 42.5 Å². The molecule has 3 nitrogen and oxygen atoms in total. The van der Waals surface area contributed by atoms with Gasteiger partial charge in [-0.3, -0.25) is 0 Å². The number of hydrogen-bond acceptors (Lipinski definition) is 2. The van der Waals surface area contributed by atoms with E-state index in [9.17, 15) is 8.78 Å². The minimum Gasteiger partial charge on any atom is -0.435 e. The third kappa shape index (κ3) is 2.34. The van der Waals surface area contributed by atoms with Crippen molar-refractivity contribution in [1.29, 1.82) is 0 Å². The molecule has 3 aromatic rings. The van der Waals surface area contributed by atoms with Crippen LogP contribution in [0.5, 0.6) is 5.75 Å². The van der Waals surface area contributed by atoms with Gasteiger partial charge < -0.3 is 9.72 Å². The second-order valence-corrected chi connectivity index (χ2v) is 4.46. The maximum Gasteiger partial charge on any atom is 0.387 e. The van der Waals surface area contributed by atoms with Crippen molar-refractivity contribution in [3.05, 3.63) is 48.0 Å². The van der Waals surface area contributed by atoms with Gasteiger partial charge in [0, 0.05) is 5.56 Å². The van der Waals surface area contributed by atoms with Gasteiger partial charge in [0.25, 0.3) is 0 Å². The molecule has 0 aliphatic heterocycles. The van der Waals surface area contributed by atoms with Crippen molar-refractivity contribution >= 4 is 11.0 Å². The van der Waals surface area contributed by atoms with Gasteiger partial charge in [0.05, 0.1) is 11.0 Å². The zero-order valence-corrected chi connectivity index (χ0v) is 10.7. The number of rotatable bonds is 3. The first-order chi connectivity index (χ1) is 9.63. The van der Waals surface area contributed by atoms with Crippen molar-refractivity contribution in [1.82, 2.24) is 9.97 Å². The molecule has 5 heteroatoms. The quantitative estimate of drug-likeness (QED) is 0.779. The summed E-state index contributed by atoms with van der Waals surface area (Å²) in [6.07, 6.45) is 0. The Morgan fingerprint density at radius 1 is 1.15 bits per heavy atom. The van der Waals surface area contributed by atoms with E-state index in [0.29, 0.717) is 11.4 Å². The first-order valence-corrected chi connectivity index (χ1v) is 6.14. The van der Waals surface area contributed by atoms with Crippen molar-refractivity contribution in [2.45, 2.75) is 13.5 Å². The van der Waals surface area contributed by atoms with Gasteiger partial charge in [-0.05, 0) is 30.7 Å². The summed E-state index contributed by atoms with van der Waals surface area (Å²) in [5, 5.41) is 0. The van der Waals surface area contributed by atoms with Crippen molar-refractivity contribution in [2.24, 2.45) is 0 Å². The number of aryl methyl sites for hydroxylation is 1. The molecule has 102 valence electrons. The van der Waals surface area contributed by atoms with Gasteiger partial charge in [-0.15, -0.1) is 0 Å². The van der Waals surface area contributed by atoms with Crippen molar-refractivity contribution in [3.63, 3.8) is 0 Å². The summed E-state index contributed by atoms with van der Waals surface area (Å²) < 4.78 is 28.9. The summed E-state index contributed by atoms with van der Waals surface area (Å²) in [6, 6.07) is 12.3. The molecule has 0 saturated carbocycles. The third-order valence-corrected chi connectivity index (χ3v) is 3.05. The first-order valence-electron chi connectivity index (χ1n) is 6.14. The molecule has 2 aromatic carbocycles. The van der Waals surface area contributed by atoms with Crippen LogP contribution in [-0.4, -0.2) is 16.6 Å². The lowest BCUT2D eigenvalue weighted by Crippen LogP contribution is -2.01. The molecule has 0 saturated heterocycles. The van der Waals surface area contributed by atoms with Crippen molar-refractivity contribution in [2.75, 3.05) is 0 Å². The summed E-state index contributed by atoms with van der Waals surface area (Å²) in [5.41, 5.74) is 3.56. The van der Waals surface area contributed by atoms with Gasteiger partial charge in [-0.25, -0.2) is 4.98 Å². The van der Waals surface area contributed by atoms with Gasteiger partial charge in [-0.1, -0.05) is 24.3 Å². The molecule has 1 heterocycles. The summed E-state index contributed by atoms with van der Waals surface area (Å²) in [6.45, 7) is -0.855. The number of benzene rings is 2. The van der Waals surface area contributed by atoms with Crippen LogP contribution >= 0.6 is 0 Å². The van der Waals surface area contributed by atoms with Crippen LogP contribution in [0.3, 0.4) is 0 Å². The summed E-state index contributed by atoms with van der Waals surface area (Å²) in [7, 11) is 0. The Hall–Kier alpha value is -2.43. The Morgan fingerprint density at radius 2 is 1.95 bits per heavy atom. The fourth-order valence-corrected chi connectivity index (χ4v) is 2.13. The standard InChI is InChI=1S/C15H12F2N2O/c1-9-4-2-7-12-13(9)19-14(18-12)10-5-3-6-11(8-10)20-15(16)17/h2-8,15H,1H3,(H,18,19). The average molecular weight is 274 g/mol. The van der Waals surface area contributed by atoms with Crippen LogP contribution in [0, 0.1) is 6.92 Å². The van der Waals surface area contributed by atoms with Crippen LogP contribution in [0.2, 0.25) is 0 Å². The van der Waals surface area contributed by atoms with Crippen LogP contribution in [0.4, 0.5) is 8.78 Å². The molecule has 1 N–H and O–H groups in total. The van der Waals surface area contributed by atoms with Gasteiger partial charge in [0.2, 0.25) is 0 Å². The lowest BCUT2D eigenvalue weighted by molar-refractivity contribution is -0.0498. The molecule has 20 heavy (non-hydrogen) atoms. The highest BCUT2D eigenvalue weighted by molar-refractivity contribution is 5.82. The average Bonchev–Trinajstić information content (AvgIpc) is 2.84. The number of aromatic nitrogens is 2. The van der Waals surface area contributed by atoms with E-state index in [1.54, 1.807) is 18.2 Å². The third-order valence-electron chi connectivity index (χ3n) is 3.05. The Morgan fingerprint density at radius 3 is 2.70 bits per heavy atom. The highest BCUT2D eigenvalue weighted by Crippen LogP contribution is 2.25. The number of nitrogens with one attached hydrogen (secondary N) is 1. The molecular weight excluding hydrogens is 262 g/mol. The van der Waals surface area contributed by atoms with Crippen molar-refractivity contribution < 1.29 is 13.5 Å². The van der Waals surface area contributed by atoms with Gasteiger partial charge >= 0.3 is 6.61 Å². The van der Waals surface area contributed by atoms with Crippen LogP contribution in [-0.2, 0) is 0 Å². The fraction of sp³-hybridized carbons (Fsp3) is 0.133. The minimum atomic E-state index is -2.83.